The lowest BCUT2D eigenvalue weighted by Crippen LogP contribution is -2.22. The van der Waals surface area contributed by atoms with E-state index in [9.17, 15) is 9.90 Å². The van der Waals surface area contributed by atoms with Crippen molar-refractivity contribution >= 4 is 23.3 Å². The summed E-state index contributed by atoms with van der Waals surface area (Å²) in [7, 11) is 1.88. The molecule has 20 heavy (non-hydrogen) atoms. The van der Waals surface area contributed by atoms with Gasteiger partial charge in [-0.1, -0.05) is 41.9 Å². The van der Waals surface area contributed by atoms with E-state index in [0.717, 1.165) is 13.0 Å². The number of hydrogen-bond acceptors (Lipinski definition) is 2. The highest BCUT2D eigenvalue weighted by Gasteiger charge is 2.13. The number of carbonyl (C=O) groups is 1. The third-order valence-corrected chi connectivity index (χ3v) is 3.42. The molecule has 0 spiro atoms. The number of aromatic carboxylic acids is 1. The summed E-state index contributed by atoms with van der Waals surface area (Å²) in [4.78, 5) is 13.2. The second kappa shape index (κ2) is 6.44. The van der Waals surface area contributed by atoms with Crippen molar-refractivity contribution in [2.45, 2.75) is 6.42 Å². The van der Waals surface area contributed by atoms with Gasteiger partial charge in [0.1, 0.15) is 0 Å². The van der Waals surface area contributed by atoms with Crippen LogP contribution in [0, 0.1) is 0 Å². The molecular formula is C16H16ClNO2. The normalized spacial score (nSPS) is 10.3. The van der Waals surface area contributed by atoms with Crippen LogP contribution in [0.2, 0.25) is 5.02 Å². The molecule has 0 aromatic heterocycles. The Morgan fingerprint density at radius 1 is 1.20 bits per heavy atom. The van der Waals surface area contributed by atoms with Gasteiger partial charge in [0.15, 0.2) is 0 Å². The first-order valence-electron chi connectivity index (χ1n) is 6.36. The zero-order chi connectivity index (χ0) is 14.5. The molecule has 0 bridgehead atoms. The summed E-state index contributed by atoms with van der Waals surface area (Å²) >= 11 is 5.96. The Labute approximate surface area is 123 Å². The SMILES string of the molecule is CN(CCc1ccccc1)c1cc(Cl)ccc1C(=O)O. The van der Waals surface area contributed by atoms with Crippen molar-refractivity contribution in [2.75, 3.05) is 18.5 Å². The number of halogens is 1. The first-order chi connectivity index (χ1) is 9.58. The van der Waals surface area contributed by atoms with E-state index in [2.05, 4.69) is 12.1 Å². The summed E-state index contributed by atoms with van der Waals surface area (Å²) in [5.41, 5.74) is 2.13. The zero-order valence-corrected chi connectivity index (χ0v) is 12.0. The largest absolute Gasteiger partial charge is 0.478 e. The Hall–Kier alpha value is -2.00. The molecule has 0 heterocycles. The number of carboxylic acids is 1. The maximum atomic E-state index is 11.2. The topological polar surface area (TPSA) is 40.5 Å². The van der Waals surface area contributed by atoms with Gasteiger partial charge in [-0.05, 0) is 30.2 Å². The number of hydrogen-bond donors (Lipinski definition) is 1. The van der Waals surface area contributed by atoms with Gasteiger partial charge in [-0.25, -0.2) is 4.79 Å². The van der Waals surface area contributed by atoms with Crippen LogP contribution in [0.3, 0.4) is 0 Å². The molecule has 0 fully saturated rings. The number of likely N-dealkylation sites (N-methyl/N-ethyl adjacent to an activating group) is 1. The monoisotopic (exact) mass is 289 g/mol. The van der Waals surface area contributed by atoms with Gasteiger partial charge < -0.3 is 10.0 Å². The van der Waals surface area contributed by atoms with Crippen molar-refractivity contribution in [3.05, 3.63) is 64.7 Å². The lowest BCUT2D eigenvalue weighted by molar-refractivity contribution is 0.0697. The van der Waals surface area contributed by atoms with Gasteiger partial charge in [0.25, 0.3) is 0 Å². The molecule has 0 saturated carbocycles. The van der Waals surface area contributed by atoms with Crippen LogP contribution in [0.5, 0.6) is 0 Å². The molecule has 1 N–H and O–H groups in total. The lowest BCUT2D eigenvalue weighted by atomic mass is 10.1. The fourth-order valence-corrected chi connectivity index (χ4v) is 2.23. The minimum Gasteiger partial charge on any atom is -0.478 e. The van der Waals surface area contributed by atoms with Gasteiger partial charge in [-0.2, -0.15) is 0 Å². The van der Waals surface area contributed by atoms with E-state index in [1.807, 2.05) is 30.1 Å². The molecule has 104 valence electrons. The maximum absolute atomic E-state index is 11.2. The van der Waals surface area contributed by atoms with Gasteiger partial charge >= 0.3 is 5.97 Å². The number of anilines is 1. The molecule has 0 amide bonds. The van der Waals surface area contributed by atoms with E-state index < -0.39 is 5.97 Å². The molecule has 0 radical (unpaired) electrons. The number of nitrogens with zero attached hydrogens (tertiary/aromatic N) is 1. The minimum atomic E-state index is -0.941. The van der Waals surface area contributed by atoms with E-state index in [0.29, 0.717) is 10.7 Å². The second-order valence-electron chi connectivity index (χ2n) is 4.62. The van der Waals surface area contributed by atoms with Crippen molar-refractivity contribution in [3.8, 4) is 0 Å². The van der Waals surface area contributed by atoms with Gasteiger partial charge in [0, 0.05) is 18.6 Å². The Bertz CT molecular complexity index is 599. The van der Waals surface area contributed by atoms with E-state index >= 15 is 0 Å². The van der Waals surface area contributed by atoms with Crippen LogP contribution in [0.25, 0.3) is 0 Å². The molecule has 3 nitrogen and oxygen atoms in total. The van der Waals surface area contributed by atoms with Gasteiger partial charge in [0.2, 0.25) is 0 Å². The van der Waals surface area contributed by atoms with Crippen LogP contribution < -0.4 is 4.90 Å². The molecule has 2 aromatic rings. The summed E-state index contributed by atoms with van der Waals surface area (Å²) < 4.78 is 0. The highest BCUT2D eigenvalue weighted by molar-refractivity contribution is 6.31. The highest BCUT2D eigenvalue weighted by Crippen LogP contribution is 2.24. The first kappa shape index (κ1) is 14.4. The smallest absolute Gasteiger partial charge is 0.337 e. The molecule has 0 saturated heterocycles. The average Bonchev–Trinajstić information content (AvgIpc) is 2.45. The van der Waals surface area contributed by atoms with E-state index in [4.69, 9.17) is 11.6 Å². The van der Waals surface area contributed by atoms with Crippen molar-refractivity contribution in [1.82, 2.24) is 0 Å². The van der Waals surface area contributed by atoms with Crippen LogP contribution in [-0.4, -0.2) is 24.7 Å². The zero-order valence-electron chi connectivity index (χ0n) is 11.2. The van der Waals surface area contributed by atoms with Crippen molar-refractivity contribution in [1.29, 1.82) is 0 Å². The molecule has 0 atom stereocenters. The van der Waals surface area contributed by atoms with Crippen LogP contribution in [0.1, 0.15) is 15.9 Å². The van der Waals surface area contributed by atoms with Gasteiger partial charge in [-0.15, -0.1) is 0 Å². The molecule has 0 aliphatic carbocycles. The summed E-state index contributed by atoms with van der Waals surface area (Å²) in [5, 5.41) is 9.76. The maximum Gasteiger partial charge on any atom is 0.337 e. The Morgan fingerprint density at radius 3 is 2.55 bits per heavy atom. The fourth-order valence-electron chi connectivity index (χ4n) is 2.06. The first-order valence-corrected chi connectivity index (χ1v) is 6.73. The van der Waals surface area contributed by atoms with Gasteiger partial charge in [0.05, 0.1) is 11.3 Å². The summed E-state index contributed by atoms with van der Waals surface area (Å²) in [6.45, 7) is 0.727. The molecule has 2 aromatic carbocycles. The molecule has 0 unspecified atom stereocenters. The molecular weight excluding hydrogens is 274 g/mol. The standard InChI is InChI=1S/C16H16ClNO2/c1-18(10-9-12-5-3-2-4-6-12)15-11-13(17)7-8-14(15)16(19)20/h2-8,11H,9-10H2,1H3,(H,19,20). The predicted molar refractivity (Wildman–Crippen MR) is 81.8 cm³/mol. The predicted octanol–water partition coefficient (Wildman–Crippen LogP) is 3.72. The molecule has 0 aliphatic heterocycles. The molecule has 4 heteroatoms. The van der Waals surface area contributed by atoms with Gasteiger partial charge in [-0.3, -0.25) is 0 Å². The van der Waals surface area contributed by atoms with E-state index in [1.165, 1.54) is 5.56 Å². The Kier molecular flexibility index (Phi) is 4.64. The number of carboxylic acid groups (broad SMARTS) is 1. The number of rotatable bonds is 5. The quantitative estimate of drug-likeness (QED) is 0.912. The Balaban J connectivity index is 2.14. The fraction of sp³-hybridized carbons (Fsp3) is 0.188. The minimum absolute atomic E-state index is 0.268. The van der Waals surface area contributed by atoms with Crippen LogP contribution in [0.15, 0.2) is 48.5 Å². The van der Waals surface area contributed by atoms with Crippen LogP contribution in [0.4, 0.5) is 5.69 Å². The third kappa shape index (κ3) is 3.52. The van der Waals surface area contributed by atoms with Crippen molar-refractivity contribution < 1.29 is 9.90 Å². The van der Waals surface area contributed by atoms with Crippen LogP contribution in [-0.2, 0) is 6.42 Å². The van der Waals surface area contributed by atoms with Crippen molar-refractivity contribution in [2.24, 2.45) is 0 Å². The van der Waals surface area contributed by atoms with Crippen molar-refractivity contribution in [3.63, 3.8) is 0 Å². The number of benzene rings is 2. The highest BCUT2D eigenvalue weighted by atomic mass is 35.5. The second-order valence-corrected chi connectivity index (χ2v) is 5.06. The molecule has 2 rings (SSSR count). The summed E-state index contributed by atoms with van der Waals surface area (Å²) in [5.74, 6) is -0.941. The third-order valence-electron chi connectivity index (χ3n) is 3.18. The van der Waals surface area contributed by atoms with Crippen LogP contribution >= 0.6 is 11.6 Å². The Morgan fingerprint density at radius 2 is 1.90 bits per heavy atom. The summed E-state index contributed by atoms with van der Waals surface area (Å²) in [6.07, 6.45) is 0.850. The summed E-state index contributed by atoms with van der Waals surface area (Å²) in [6, 6.07) is 14.9. The lowest BCUT2D eigenvalue weighted by Gasteiger charge is -2.21. The molecule has 0 aliphatic rings. The van der Waals surface area contributed by atoms with E-state index in [-0.39, 0.29) is 5.56 Å². The van der Waals surface area contributed by atoms with E-state index in [1.54, 1.807) is 18.2 Å². The average molecular weight is 290 g/mol.